The molecule has 3 N–H and O–H groups in total. The summed E-state index contributed by atoms with van der Waals surface area (Å²) in [6, 6.07) is 16.5. The van der Waals surface area contributed by atoms with Gasteiger partial charge in [0.1, 0.15) is 23.7 Å². The molecule has 3 aromatic rings. The number of sulfonamides is 1. The summed E-state index contributed by atoms with van der Waals surface area (Å²) < 4.78 is 40.1. The molecule has 1 saturated heterocycles. The zero-order valence-corrected chi connectivity index (χ0v) is 32.0. The van der Waals surface area contributed by atoms with Crippen molar-refractivity contribution in [1.29, 1.82) is 0 Å². The lowest BCUT2D eigenvalue weighted by Gasteiger charge is -2.35. The van der Waals surface area contributed by atoms with Gasteiger partial charge in [0.2, 0.25) is 33.6 Å². The topological polar surface area (TPSA) is 173 Å². The molecule has 4 amide bonds. The molecule has 2 aliphatic carbocycles. The number of methoxy groups -OCH3 is 1. The maximum absolute atomic E-state index is 14.5. The summed E-state index contributed by atoms with van der Waals surface area (Å²) in [5.74, 6) is -2.59. The van der Waals surface area contributed by atoms with Crippen LogP contribution in [0.4, 0.5) is 0 Å². The number of likely N-dealkylation sites (tertiary alicyclic amines) is 1. The summed E-state index contributed by atoms with van der Waals surface area (Å²) >= 11 is 0. The number of pyridine rings is 1. The van der Waals surface area contributed by atoms with E-state index in [2.05, 4.69) is 26.9 Å². The highest BCUT2D eigenvalue weighted by molar-refractivity contribution is 7.91. The van der Waals surface area contributed by atoms with Crippen molar-refractivity contribution in [2.75, 3.05) is 20.3 Å². The maximum Gasteiger partial charge on any atom is 0.259 e. The van der Waals surface area contributed by atoms with E-state index in [4.69, 9.17) is 9.47 Å². The number of amides is 4. The standard InChI is InChI=1S/C40H49N5O8S/c1-6-28-24-40(28,37(49)44-54(50,51)39(18-19-39)23-26-12-8-7-9-13-26)43-34(47)31-22-29(53-35-30-15-11-10-14-27(30)16-20-41-35)25-45(31)36(48)33(38(2,3)4)42-32(46)17-21-52-5/h6-16,20,28-29,31,33H,1,17-19,21-25H2,2-5H3,(H,42,46)(H,43,47)(H,44,49)/t28-,29-,31+,33-,40-/m1/s1. The van der Waals surface area contributed by atoms with Gasteiger partial charge in [-0.3, -0.25) is 23.9 Å². The minimum atomic E-state index is -4.13. The van der Waals surface area contributed by atoms with Crippen molar-refractivity contribution in [3.63, 3.8) is 0 Å². The number of carbonyl (C=O) groups is 4. The Morgan fingerprint density at radius 1 is 1.06 bits per heavy atom. The van der Waals surface area contributed by atoms with Crippen LogP contribution >= 0.6 is 0 Å². The minimum Gasteiger partial charge on any atom is -0.472 e. The van der Waals surface area contributed by atoms with Crippen molar-refractivity contribution in [2.24, 2.45) is 11.3 Å². The second-order valence-corrected chi connectivity index (χ2v) is 17.8. The first-order chi connectivity index (χ1) is 25.6. The molecule has 2 saturated carbocycles. The second-order valence-electron chi connectivity index (χ2n) is 15.7. The molecule has 13 nitrogen and oxygen atoms in total. The Bertz CT molecular complexity index is 2020. The zero-order chi connectivity index (χ0) is 38.9. The highest BCUT2D eigenvalue weighted by Crippen LogP contribution is 2.48. The minimum absolute atomic E-state index is 0.0111. The summed E-state index contributed by atoms with van der Waals surface area (Å²) in [5.41, 5.74) is -1.50. The van der Waals surface area contributed by atoms with E-state index in [9.17, 15) is 27.6 Å². The number of aromatic nitrogens is 1. The molecule has 54 heavy (non-hydrogen) atoms. The van der Waals surface area contributed by atoms with Crippen molar-refractivity contribution in [3.8, 4) is 5.88 Å². The Morgan fingerprint density at radius 3 is 2.41 bits per heavy atom. The first-order valence-electron chi connectivity index (χ1n) is 18.3. The zero-order valence-electron chi connectivity index (χ0n) is 31.2. The van der Waals surface area contributed by atoms with Gasteiger partial charge in [-0.05, 0) is 54.2 Å². The van der Waals surface area contributed by atoms with Crippen molar-refractivity contribution >= 4 is 44.4 Å². The Kier molecular flexibility index (Phi) is 10.9. The number of fused-ring (bicyclic) bond motifs is 1. The third kappa shape index (κ3) is 8.00. The number of ether oxygens (including phenoxy) is 2. The summed E-state index contributed by atoms with van der Waals surface area (Å²) in [4.78, 5) is 61.5. The quantitative estimate of drug-likeness (QED) is 0.196. The fourth-order valence-electron chi connectivity index (χ4n) is 7.27. The highest BCUT2D eigenvalue weighted by Gasteiger charge is 2.63. The summed E-state index contributed by atoms with van der Waals surface area (Å²) in [6.07, 6.45) is 3.73. The molecule has 6 rings (SSSR count). The van der Waals surface area contributed by atoms with Crippen LogP contribution in [0.3, 0.4) is 0 Å². The van der Waals surface area contributed by atoms with Gasteiger partial charge in [-0.2, -0.15) is 0 Å². The van der Waals surface area contributed by atoms with Crippen LogP contribution in [0.15, 0.2) is 79.5 Å². The van der Waals surface area contributed by atoms with E-state index in [0.717, 1.165) is 16.3 Å². The lowest BCUT2D eigenvalue weighted by atomic mass is 9.85. The average Bonchev–Trinajstić information content (AvgIpc) is 4.04. The van der Waals surface area contributed by atoms with Crippen LogP contribution in [-0.2, 0) is 40.4 Å². The smallest absolute Gasteiger partial charge is 0.259 e. The van der Waals surface area contributed by atoms with Crippen LogP contribution < -0.4 is 20.1 Å². The van der Waals surface area contributed by atoms with Crippen molar-refractivity contribution < 1.29 is 37.1 Å². The highest BCUT2D eigenvalue weighted by atomic mass is 32.2. The van der Waals surface area contributed by atoms with E-state index in [0.29, 0.717) is 18.7 Å². The van der Waals surface area contributed by atoms with Gasteiger partial charge in [-0.1, -0.05) is 75.4 Å². The van der Waals surface area contributed by atoms with Crippen molar-refractivity contribution in [1.82, 2.24) is 25.2 Å². The fourth-order valence-corrected chi connectivity index (χ4v) is 8.91. The SMILES string of the molecule is C=C[C@@H]1C[C@]1(NC(=O)[C@@H]1C[C@@H](Oc2nccc3ccccc23)CN1C(=O)[C@@H](NC(=O)CCOC)C(C)(C)C)C(=O)NS(=O)(=O)C1(Cc2ccccc2)CC1. The molecule has 2 heterocycles. The van der Waals surface area contributed by atoms with E-state index >= 15 is 0 Å². The van der Waals surface area contributed by atoms with Crippen LogP contribution in [0, 0.1) is 11.3 Å². The average molecular weight is 760 g/mol. The van der Waals surface area contributed by atoms with Crippen LogP contribution in [-0.4, -0.2) is 90.7 Å². The summed E-state index contributed by atoms with van der Waals surface area (Å²) in [5, 5.41) is 7.34. The summed E-state index contributed by atoms with van der Waals surface area (Å²) in [6.45, 7) is 9.42. The molecule has 2 aromatic carbocycles. The molecule has 288 valence electrons. The molecular weight excluding hydrogens is 711 g/mol. The number of hydrogen-bond donors (Lipinski definition) is 3. The van der Waals surface area contributed by atoms with E-state index in [1.807, 2.05) is 81.4 Å². The van der Waals surface area contributed by atoms with Gasteiger partial charge >= 0.3 is 0 Å². The van der Waals surface area contributed by atoms with Gasteiger partial charge in [0.05, 0.1) is 17.9 Å². The first kappa shape index (κ1) is 38.9. The Labute approximate surface area is 316 Å². The Balaban J connectivity index is 1.25. The van der Waals surface area contributed by atoms with Crippen LogP contribution in [0.2, 0.25) is 0 Å². The first-order valence-corrected chi connectivity index (χ1v) is 19.8. The van der Waals surface area contributed by atoms with Gasteiger partial charge in [0.15, 0.2) is 0 Å². The molecule has 3 aliphatic rings. The van der Waals surface area contributed by atoms with Crippen LogP contribution in [0.5, 0.6) is 5.88 Å². The molecule has 1 aliphatic heterocycles. The fraction of sp³-hybridized carbons (Fsp3) is 0.475. The summed E-state index contributed by atoms with van der Waals surface area (Å²) in [7, 11) is -2.65. The van der Waals surface area contributed by atoms with E-state index < -0.39 is 67.6 Å². The van der Waals surface area contributed by atoms with Crippen molar-refractivity contribution in [3.05, 3.63) is 85.1 Å². The number of nitrogens with one attached hydrogen (secondary N) is 3. The maximum atomic E-state index is 14.5. The monoisotopic (exact) mass is 759 g/mol. The lowest BCUT2D eigenvalue weighted by molar-refractivity contribution is -0.144. The van der Waals surface area contributed by atoms with Crippen LogP contribution in [0.25, 0.3) is 10.8 Å². The molecule has 14 heteroatoms. The van der Waals surface area contributed by atoms with Crippen molar-refractivity contribution in [2.45, 2.75) is 87.8 Å². The number of hydrogen-bond acceptors (Lipinski definition) is 9. The molecule has 0 spiro atoms. The normalized spacial score (nSPS) is 23.6. The number of carbonyl (C=O) groups excluding carboxylic acids is 4. The second kappa shape index (κ2) is 15.1. The largest absolute Gasteiger partial charge is 0.472 e. The Hall–Kier alpha value is -4.82. The number of nitrogens with zero attached hydrogens (tertiary/aromatic N) is 2. The molecule has 0 bridgehead atoms. The van der Waals surface area contributed by atoms with E-state index in [-0.39, 0.29) is 44.7 Å². The molecular formula is C40H49N5O8S. The molecule has 1 aromatic heterocycles. The number of benzene rings is 2. The van der Waals surface area contributed by atoms with Gasteiger partial charge < -0.3 is 25.0 Å². The van der Waals surface area contributed by atoms with E-state index in [1.54, 1.807) is 6.20 Å². The van der Waals surface area contributed by atoms with Gasteiger partial charge in [-0.25, -0.2) is 13.4 Å². The molecule has 0 unspecified atom stereocenters. The van der Waals surface area contributed by atoms with Crippen LogP contribution in [0.1, 0.15) is 58.4 Å². The predicted molar refractivity (Wildman–Crippen MR) is 203 cm³/mol. The molecule has 5 atom stereocenters. The molecule has 3 fully saturated rings. The molecule has 0 radical (unpaired) electrons. The lowest BCUT2D eigenvalue weighted by Crippen LogP contribution is -2.60. The Morgan fingerprint density at radius 2 is 1.76 bits per heavy atom. The number of rotatable bonds is 15. The third-order valence-corrected chi connectivity index (χ3v) is 12.9. The third-order valence-electron chi connectivity index (χ3n) is 10.7. The van der Waals surface area contributed by atoms with Gasteiger partial charge in [-0.15, -0.1) is 6.58 Å². The van der Waals surface area contributed by atoms with Gasteiger partial charge in [0.25, 0.3) is 5.91 Å². The van der Waals surface area contributed by atoms with E-state index in [1.165, 1.54) is 18.1 Å². The van der Waals surface area contributed by atoms with Gasteiger partial charge in [0, 0.05) is 37.5 Å². The predicted octanol–water partition coefficient (Wildman–Crippen LogP) is 3.43.